The van der Waals surface area contributed by atoms with Crippen molar-refractivity contribution in [2.24, 2.45) is 10.9 Å². The highest BCUT2D eigenvalue weighted by Crippen LogP contribution is 2.20. The van der Waals surface area contributed by atoms with Gasteiger partial charge in [-0.2, -0.15) is 0 Å². The Morgan fingerprint density at radius 1 is 1.35 bits per heavy atom. The van der Waals surface area contributed by atoms with Crippen molar-refractivity contribution >= 4 is 29.9 Å². The minimum atomic E-state index is 0. The van der Waals surface area contributed by atoms with Gasteiger partial charge in [0.2, 0.25) is 0 Å². The molecule has 3 rings (SSSR count). The van der Waals surface area contributed by atoms with E-state index >= 15 is 0 Å². The normalized spacial score (nSPS) is 21.0. The Morgan fingerprint density at radius 2 is 2.15 bits per heavy atom. The molecule has 1 unspecified atom stereocenters. The Kier molecular flexibility index (Phi) is 8.98. The predicted molar refractivity (Wildman–Crippen MR) is 118 cm³/mol. The topological polar surface area (TPSA) is 44.0 Å². The summed E-state index contributed by atoms with van der Waals surface area (Å²) in [4.78, 5) is 9.83. The molecule has 0 aromatic carbocycles. The fourth-order valence-corrected chi connectivity index (χ4v) is 3.73. The van der Waals surface area contributed by atoms with Crippen molar-refractivity contribution in [1.82, 2.24) is 15.1 Å². The summed E-state index contributed by atoms with van der Waals surface area (Å²) in [5, 5.41) is 3.53. The van der Waals surface area contributed by atoms with E-state index in [1.54, 1.807) is 6.26 Å². The number of guanidine groups is 1. The molecule has 146 valence electrons. The summed E-state index contributed by atoms with van der Waals surface area (Å²) in [6, 6.07) is 3.96. The third kappa shape index (κ3) is 6.61. The molecule has 1 aromatic heterocycles. The number of hydrogen-bond donors (Lipinski definition) is 1. The van der Waals surface area contributed by atoms with Gasteiger partial charge in [-0.1, -0.05) is 12.2 Å². The van der Waals surface area contributed by atoms with Crippen molar-refractivity contribution in [3.63, 3.8) is 0 Å². The van der Waals surface area contributed by atoms with Crippen molar-refractivity contribution in [1.29, 1.82) is 0 Å². The molecule has 0 saturated carbocycles. The number of rotatable bonds is 7. The number of nitrogens with one attached hydrogen (secondary N) is 1. The minimum Gasteiger partial charge on any atom is -0.469 e. The molecule has 0 radical (unpaired) electrons. The Bertz CT molecular complexity index is 566. The second-order valence-electron chi connectivity index (χ2n) is 7.46. The van der Waals surface area contributed by atoms with Gasteiger partial charge in [-0.25, -0.2) is 4.99 Å². The first-order valence-electron chi connectivity index (χ1n) is 9.63. The highest BCUT2D eigenvalue weighted by Gasteiger charge is 2.27. The lowest BCUT2D eigenvalue weighted by molar-refractivity contribution is 0.281. The average molecular weight is 472 g/mol. The van der Waals surface area contributed by atoms with Gasteiger partial charge >= 0.3 is 0 Å². The number of nitrogens with zero attached hydrogens (tertiary/aromatic N) is 3. The lowest BCUT2D eigenvalue weighted by atomic mass is 10.1. The molecule has 1 atom stereocenters. The maximum absolute atomic E-state index is 5.42. The molecule has 2 fully saturated rings. The molecule has 0 amide bonds. The van der Waals surface area contributed by atoms with Crippen LogP contribution in [-0.4, -0.2) is 61.6 Å². The van der Waals surface area contributed by atoms with Crippen LogP contribution in [-0.2, 0) is 6.42 Å². The number of furan rings is 1. The standard InChI is InChI=1S/C20H32N4O.HI/c1-17(2)14-22-20(21-9-7-19-6-5-13-25-19)24-12-8-18(16-24)15-23-10-3-4-11-23;/h5-6,13,18H,1,3-4,7-12,14-16H2,2H3,(H,21,22);1H. The van der Waals surface area contributed by atoms with E-state index in [0.717, 1.165) is 49.3 Å². The molecule has 1 aromatic rings. The Morgan fingerprint density at radius 3 is 2.85 bits per heavy atom. The molecule has 1 N–H and O–H groups in total. The SMILES string of the molecule is C=C(C)CN=C(NCCc1ccco1)N1CCC(CN2CCCC2)C1.I. The lowest BCUT2D eigenvalue weighted by Gasteiger charge is -2.23. The first-order chi connectivity index (χ1) is 12.2. The van der Waals surface area contributed by atoms with Crippen LogP contribution in [0, 0.1) is 5.92 Å². The third-order valence-electron chi connectivity index (χ3n) is 5.03. The molecule has 0 bridgehead atoms. The summed E-state index contributed by atoms with van der Waals surface area (Å²) in [6.07, 6.45) is 6.62. The Balaban J connectivity index is 0.00000243. The summed E-state index contributed by atoms with van der Waals surface area (Å²) in [5.41, 5.74) is 1.10. The van der Waals surface area contributed by atoms with E-state index in [4.69, 9.17) is 9.41 Å². The fraction of sp³-hybridized carbons (Fsp3) is 0.650. The van der Waals surface area contributed by atoms with Crippen LogP contribution in [0.1, 0.15) is 31.9 Å². The van der Waals surface area contributed by atoms with Gasteiger partial charge in [0, 0.05) is 32.6 Å². The van der Waals surface area contributed by atoms with Crippen LogP contribution in [0.4, 0.5) is 0 Å². The van der Waals surface area contributed by atoms with Crippen molar-refractivity contribution < 1.29 is 4.42 Å². The highest BCUT2D eigenvalue weighted by molar-refractivity contribution is 14.0. The smallest absolute Gasteiger partial charge is 0.194 e. The van der Waals surface area contributed by atoms with Gasteiger partial charge in [0.25, 0.3) is 0 Å². The number of likely N-dealkylation sites (tertiary alicyclic amines) is 2. The van der Waals surface area contributed by atoms with Crippen LogP contribution >= 0.6 is 24.0 Å². The zero-order chi connectivity index (χ0) is 17.5. The molecule has 26 heavy (non-hydrogen) atoms. The second-order valence-corrected chi connectivity index (χ2v) is 7.46. The van der Waals surface area contributed by atoms with E-state index in [-0.39, 0.29) is 24.0 Å². The maximum atomic E-state index is 5.42. The third-order valence-corrected chi connectivity index (χ3v) is 5.03. The number of aliphatic imine (C=N–C) groups is 1. The van der Waals surface area contributed by atoms with Crippen molar-refractivity contribution in [2.45, 2.75) is 32.6 Å². The van der Waals surface area contributed by atoms with E-state index < -0.39 is 0 Å². The lowest BCUT2D eigenvalue weighted by Crippen LogP contribution is -2.41. The zero-order valence-corrected chi connectivity index (χ0v) is 18.3. The zero-order valence-electron chi connectivity index (χ0n) is 16.0. The van der Waals surface area contributed by atoms with Crippen LogP contribution < -0.4 is 5.32 Å². The van der Waals surface area contributed by atoms with Gasteiger partial charge in [-0.15, -0.1) is 24.0 Å². The van der Waals surface area contributed by atoms with Crippen LogP contribution in [0.15, 0.2) is 40.0 Å². The summed E-state index contributed by atoms with van der Waals surface area (Å²) < 4.78 is 5.42. The highest BCUT2D eigenvalue weighted by atomic mass is 127. The largest absolute Gasteiger partial charge is 0.469 e. The average Bonchev–Trinajstić information content (AvgIpc) is 3.33. The van der Waals surface area contributed by atoms with Crippen molar-refractivity contribution in [2.75, 3.05) is 45.8 Å². The van der Waals surface area contributed by atoms with Gasteiger partial charge in [-0.05, 0) is 57.3 Å². The quantitative estimate of drug-likeness (QED) is 0.286. The summed E-state index contributed by atoms with van der Waals surface area (Å²) in [7, 11) is 0. The molecule has 3 heterocycles. The number of halogens is 1. The van der Waals surface area contributed by atoms with E-state index in [2.05, 4.69) is 21.7 Å². The molecule has 2 aliphatic heterocycles. The summed E-state index contributed by atoms with van der Waals surface area (Å²) in [6.45, 7) is 13.6. The fourth-order valence-electron chi connectivity index (χ4n) is 3.73. The molecule has 0 spiro atoms. The van der Waals surface area contributed by atoms with Crippen molar-refractivity contribution in [3.05, 3.63) is 36.3 Å². The van der Waals surface area contributed by atoms with Gasteiger partial charge < -0.3 is 19.5 Å². The Hall–Kier alpha value is -1.02. The predicted octanol–water partition coefficient (Wildman–Crippen LogP) is 3.38. The van der Waals surface area contributed by atoms with E-state index in [1.165, 1.54) is 38.9 Å². The first-order valence-corrected chi connectivity index (χ1v) is 9.63. The van der Waals surface area contributed by atoms with E-state index in [1.807, 2.05) is 19.1 Å². The van der Waals surface area contributed by atoms with Gasteiger partial charge in [0.1, 0.15) is 5.76 Å². The van der Waals surface area contributed by atoms with Crippen LogP contribution in [0.2, 0.25) is 0 Å². The molecule has 2 aliphatic rings. The molecule has 2 saturated heterocycles. The maximum Gasteiger partial charge on any atom is 0.194 e. The first kappa shape index (κ1) is 21.3. The van der Waals surface area contributed by atoms with E-state index in [0.29, 0.717) is 6.54 Å². The van der Waals surface area contributed by atoms with Gasteiger partial charge in [0.05, 0.1) is 12.8 Å². The van der Waals surface area contributed by atoms with Gasteiger partial charge in [-0.3, -0.25) is 0 Å². The van der Waals surface area contributed by atoms with Crippen LogP contribution in [0.5, 0.6) is 0 Å². The van der Waals surface area contributed by atoms with Crippen LogP contribution in [0.25, 0.3) is 0 Å². The Labute approximate surface area is 174 Å². The molecule has 0 aliphatic carbocycles. The van der Waals surface area contributed by atoms with Crippen LogP contribution in [0.3, 0.4) is 0 Å². The second kappa shape index (κ2) is 11.0. The summed E-state index contributed by atoms with van der Waals surface area (Å²) >= 11 is 0. The molecule has 5 nitrogen and oxygen atoms in total. The minimum absolute atomic E-state index is 0. The molecule has 6 heteroatoms. The van der Waals surface area contributed by atoms with Crippen molar-refractivity contribution in [3.8, 4) is 0 Å². The molecular formula is C20H33IN4O. The van der Waals surface area contributed by atoms with E-state index in [9.17, 15) is 0 Å². The monoisotopic (exact) mass is 472 g/mol. The number of hydrogen-bond acceptors (Lipinski definition) is 3. The molecular weight excluding hydrogens is 439 g/mol. The summed E-state index contributed by atoms with van der Waals surface area (Å²) in [5.74, 6) is 2.80. The van der Waals surface area contributed by atoms with Gasteiger partial charge in [0.15, 0.2) is 5.96 Å².